The first-order chi connectivity index (χ1) is 20.3. The van der Waals surface area contributed by atoms with E-state index < -0.39 is 116 Å². The van der Waals surface area contributed by atoms with Crippen molar-refractivity contribution in [2.45, 2.75) is 45.3 Å². The van der Waals surface area contributed by atoms with Crippen molar-refractivity contribution < 1.29 is 37.4 Å². The van der Waals surface area contributed by atoms with Crippen LogP contribution in [0.1, 0.15) is 81.7 Å². The van der Waals surface area contributed by atoms with Gasteiger partial charge in [0, 0.05) is 34.5 Å². The van der Waals surface area contributed by atoms with Gasteiger partial charge in [0.05, 0.1) is 9.50 Å². The highest BCUT2D eigenvalue weighted by molar-refractivity contribution is 7.16. The molecule has 0 atom stereocenters. The summed E-state index contributed by atoms with van der Waals surface area (Å²) < 4.78 is 159. The Labute approximate surface area is 185 Å². The van der Waals surface area contributed by atoms with E-state index in [4.69, 9.17) is 27.5 Å². The van der Waals surface area contributed by atoms with Crippen LogP contribution >= 0.6 is 11.3 Å². The zero-order valence-electron chi connectivity index (χ0n) is 33.1. The average Bonchev–Trinajstić information content (AvgIpc) is 3.17. The number of carbonyl (C=O) groups excluding carboxylic acids is 1. The van der Waals surface area contributed by atoms with Gasteiger partial charge < -0.3 is 15.3 Å². The van der Waals surface area contributed by atoms with Crippen LogP contribution in [0, 0.1) is 0 Å². The summed E-state index contributed by atoms with van der Waals surface area (Å²) in [6.07, 6.45) is -11.6. The number of rotatable bonds is 6. The van der Waals surface area contributed by atoms with Gasteiger partial charge in [-0.25, -0.2) is 0 Å². The van der Waals surface area contributed by atoms with Crippen LogP contribution in [0.3, 0.4) is 0 Å². The number of amides is 1. The Morgan fingerprint density at radius 3 is 3.04 bits per heavy atom. The molecule has 0 saturated carbocycles. The van der Waals surface area contributed by atoms with Crippen molar-refractivity contribution in [2.24, 2.45) is 0 Å². The van der Waals surface area contributed by atoms with Crippen LogP contribution in [0.25, 0.3) is 10.2 Å². The van der Waals surface area contributed by atoms with Crippen molar-refractivity contribution in [3.05, 3.63) is 27.3 Å². The predicted octanol–water partition coefficient (Wildman–Crippen LogP) is 2.96. The molecule has 2 N–H and O–H groups in total. The molecule has 3 heterocycles. The molecular weight excluding hydrogens is 350 g/mol. The summed E-state index contributed by atoms with van der Waals surface area (Å²) in [5.41, 5.74) is -3.33. The molecule has 26 heavy (non-hydrogen) atoms. The first-order valence-corrected chi connectivity index (χ1v) is 8.08. The molecule has 0 aliphatic carbocycles. The second-order valence-electron chi connectivity index (χ2n) is 5.01. The molecule has 1 aliphatic heterocycles. The van der Waals surface area contributed by atoms with Crippen molar-refractivity contribution >= 4 is 27.5 Å². The van der Waals surface area contributed by atoms with E-state index in [9.17, 15) is 14.7 Å². The van der Waals surface area contributed by atoms with Gasteiger partial charge in [0.1, 0.15) is 16.1 Å². The van der Waals surface area contributed by atoms with Gasteiger partial charge in [-0.15, -0.1) is 11.3 Å². The number of piperidine rings is 1. The van der Waals surface area contributed by atoms with Gasteiger partial charge in [-0.1, -0.05) is 6.37 Å². The van der Waals surface area contributed by atoms with Crippen molar-refractivity contribution in [1.82, 2.24) is 14.8 Å². The van der Waals surface area contributed by atoms with Crippen LogP contribution in [0.2, 0.25) is 1.41 Å². The fourth-order valence-corrected chi connectivity index (χ4v) is 2.99. The molecule has 1 amide bonds. The number of aromatic hydroxyl groups is 1. The molecule has 2 aromatic rings. The van der Waals surface area contributed by atoms with E-state index in [0.29, 0.717) is 0 Å². The molecule has 6 nitrogen and oxygen atoms in total. The van der Waals surface area contributed by atoms with E-state index in [1.165, 1.54) is 0 Å². The lowest BCUT2D eigenvalue weighted by molar-refractivity contribution is 0.0946. The smallest absolute Gasteiger partial charge is 0.268 e. The van der Waals surface area contributed by atoms with Crippen molar-refractivity contribution in [3.63, 3.8) is 0 Å². The van der Waals surface area contributed by atoms with Gasteiger partial charge in [-0.05, 0) is 63.8 Å². The minimum atomic E-state index is -3.83. The second kappa shape index (κ2) is 8.22. The SMILES string of the molecule is [2H]c1sc2c(c1[2H])c(O)c(C(=O)N([2H])CCCN1C([2H])([2H])C([2H])([2H])C([2H])([2H])C([2H])([2H])C1([2H])[2H])c(=O)n2C([2H])(C([2H])([2H])[2H])C([2H])([2H])[2H]. The first-order valence-electron chi connectivity index (χ1n) is 17.2. The molecule has 3 rings (SSSR count). The molecule has 0 spiro atoms. The molecule has 142 valence electrons. The lowest BCUT2D eigenvalue weighted by Crippen LogP contribution is -2.36. The molecule has 0 unspecified atom stereocenters. The summed E-state index contributed by atoms with van der Waals surface area (Å²) in [6, 6.07) is -4.70. The Kier molecular flexibility index (Phi) is 1.92. The third kappa shape index (κ3) is 3.78. The Balaban J connectivity index is 2.10. The quantitative estimate of drug-likeness (QED) is 0.786. The van der Waals surface area contributed by atoms with Gasteiger partial charge in [0.25, 0.3) is 11.5 Å². The second-order valence-corrected chi connectivity index (χ2v) is 5.81. The molecule has 1 aliphatic rings. The van der Waals surface area contributed by atoms with Gasteiger partial charge in [-0.3, -0.25) is 14.2 Å². The predicted molar refractivity (Wildman–Crippen MR) is 105 cm³/mol. The van der Waals surface area contributed by atoms with Crippen molar-refractivity contribution in [1.29, 1.82) is 0 Å². The minimum Gasteiger partial charge on any atom is -0.506 e. The Hall–Kier alpha value is -1.86. The summed E-state index contributed by atoms with van der Waals surface area (Å²) in [6.45, 7) is -16.4. The standard InChI is InChI=1S/C19H27N3O3S/c1-13(2)22-18(25)15(16(23)14-7-12-26-19(14)22)17(24)20-8-6-11-21-9-4-3-5-10-21/h7,12-13,23H,3-6,8-11H2,1-2H3,(H,20,24)/i1D3,2D3,3D2,4D2,5D2,7D,9D2,10D2,12D,13D/hD. The number of nitrogens with zero attached hydrogens (tertiary/aromatic N) is 2. The van der Waals surface area contributed by atoms with Crippen LogP contribution in [-0.4, -0.2) is 46.6 Å². The lowest BCUT2D eigenvalue weighted by atomic mass is 10.1. The zero-order valence-corrected chi connectivity index (χ0v) is 14.0. The summed E-state index contributed by atoms with van der Waals surface area (Å²) >= 11 is 0.176. The highest BCUT2D eigenvalue weighted by atomic mass is 32.1. The maximum atomic E-state index is 13.6. The number of hydrogen-bond donors (Lipinski definition) is 2. The molecule has 7 heteroatoms. The summed E-state index contributed by atoms with van der Waals surface area (Å²) in [5, 5.41) is 9.25. The molecule has 0 aromatic carbocycles. The Morgan fingerprint density at radius 1 is 1.54 bits per heavy atom. The third-order valence-electron chi connectivity index (χ3n) is 3.37. The summed E-state index contributed by atoms with van der Waals surface area (Å²) in [5.74, 6) is -3.08. The molecule has 1 fully saturated rings. The zero-order chi connectivity index (χ0) is 36.2. The number of fused-ring (bicyclic) bond motifs is 1. The van der Waals surface area contributed by atoms with E-state index in [1.54, 1.807) is 0 Å². The van der Waals surface area contributed by atoms with Crippen LogP contribution in [0.4, 0.5) is 0 Å². The Bertz CT molecular complexity index is 1570. The van der Waals surface area contributed by atoms with E-state index >= 15 is 0 Å². The van der Waals surface area contributed by atoms with E-state index in [0.717, 1.165) is 0 Å². The highest BCUT2D eigenvalue weighted by Gasteiger charge is 2.23. The third-order valence-corrected chi connectivity index (χ3v) is 4.15. The number of thiophene rings is 1. The normalized spacial score (nSPS) is 38.0. The van der Waals surface area contributed by atoms with E-state index in [-0.39, 0.29) is 26.1 Å². The summed E-state index contributed by atoms with van der Waals surface area (Å²) in [4.78, 5) is 26.2. The van der Waals surface area contributed by atoms with Gasteiger partial charge in [0.15, 0.2) is 1.41 Å². The number of hydrogen-bond acceptors (Lipinski definition) is 5. The van der Waals surface area contributed by atoms with Gasteiger partial charge >= 0.3 is 0 Å². The summed E-state index contributed by atoms with van der Waals surface area (Å²) in [7, 11) is 0. The van der Waals surface area contributed by atoms with Gasteiger partial charge in [-0.2, -0.15) is 0 Å². The molecule has 0 bridgehead atoms. The molecule has 0 radical (unpaired) electrons. The fraction of sp³-hybridized carbons (Fsp3) is 0.579. The highest BCUT2D eigenvalue weighted by Crippen LogP contribution is 2.31. The molecule has 2 aromatic heterocycles. The number of nitrogens with one attached hydrogen (secondary N) is 1. The largest absolute Gasteiger partial charge is 0.506 e. The van der Waals surface area contributed by atoms with Gasteiger partial charge in [0.2, 0.25) is 0 Å². The molecule has 1 saturated heterocycles. The van der Waals surface area contributed by atoms with Crippen LogP contribution in [-0.2, 0) is 0 Å². The van der Waals surface area contributed by atoms with Crippen molar-refractivity contribution in [3.8, 4) is 5.75 Å². The maximum Gasteiger partial charge on any atom is 0.268 e. The minimum absolute atomic E-state index is 0.0464. The topological polar surface area (TPSA) is 74.6 Å². The number of likely N-dealkylation sites (tertiary alicyclic amines) is 1. The fourth-order valence-electron chi connectivity index (χ4n) is 2.22. The van der Waals surface area contributed by atoms with E-state index in [2.05, 4.69) is 0 Å². The Morgan fingerprint density at radius 2 is 2.31 bits per heavy atom. The lowest BCUT2D eigenvalue weighted by Gasteiger charge is -2.26. The van der Waals surface area contributed by atoms with Crippen molar-refractivity contribution in [2.75, 3.05) is 26.1 Å². The molecular formula is C19H27N3O3S. The van der Waals surface area contributed by atoms with Crippen LogP contribution < -0.4 is 10.9 Å². The number of aromatic nitrogens is 1. The van der Waals surface area contributed by atoms with Crippen LogP contribution in [0.5, 0.6) is 5.75 Å². The monoisotopic (exact) mass is 397 g/mol. The van der Waals surface area contributed by atoms with E-state index in [1.807, 2.05) is 0 Å². The maximum absolute atomic E-state index is 13.6. The van der Waals surface area contributed by atoms with Crippen LogP contribution in [0.15, 0.2) is 16.2 Å². The number of carbonyl (C=O) groups is 1. The number of pyridine rings is 1. The average molecular weight is 398 g/mol. The first kappa shape index (κ1) is 6.07.